The van der Waals surface area contributed by atoms with Gasteiger partial charge in [-0.05, 0) is 77.4 Å². The summed E-state index contributed by atoms with van der Waals surface area (Å²) in [6, 6.07) is 6.31. The fraction of sp³-hybridized carbons (Fsp3) is 0.333. The molecule has 1 aromatic heterocycles. The van der Waals surface area contributed by atoms with Gasteiger partial charge in [0.15, 0.2) is 11.5 Å². The van der Waals surface area contributed by atoms with E-state index in [0.29, 0.717) is 14.7 Å². The smallest absolute Gasteiger partial charge is 0.347 e. The van der Waals surface area contributed by atoms with Crippen molar-refractivity contribution in [3.8, 4) is 11.5 Å². The summed E-state index contributed by atoms with van der Waals surface area (Å²) in [6.07, 6.45) is 1.92. The maximum absolute atomic E-state index is 14.3. The van der Waals surface area contributed by atoms with Crippen LogP contribution in [0.4, 0.5) is 10.1 Å². The average Bonchev–Trinajstić information content (AvgIpc) is 3.26. The number of imide groups is 1. The second kappa shape index (κ2) is 9.06. The molecular weight excluding hydrogens is 658 g/mol. The van der Waals surface area contributed by atoms with Crippen LogP contribution >= 0.6 is 34.2 Å². The average molecular weight is 681 g/mol. The molecule has 2 aromatic carbocycles. The van der Waals surface area contributed by atoms with E-state index >= 15 is 0 Å². The Kier molecular flexibility index (Phi) is 6.07. The van der Waals surface area contributed by atoms with Crippen molar-refractivity contribution in [2.75, 3.05) is 12.0 Å². The zero-order valence-corrected chi connectivity index (χ0v) is 24.4. The van der Waals surface area contributed by atoms with E-state index in [1.54, 1.807) is 19.1 Å². The SMILES string of the molecule is COc1cc([C@H]2C3=CCn4c(=O)n(C)c(=O)n4[C@@H]3C[C@H]3C(=O)N(c4ccc(F)c(Cl)c4)C(=O)[C@@]23C)cc(I)c1O. The van der Waals surface area contributed by atoms with Crippen molar-refractivity contribution in [1.29, 1.82) is 0 Å². The van der Waals surface area contributed by atoms with E-state index < -0.39 is 52.3 Å². The van der Waals surface area contributed by atoms with E-state index in [0.717, 1.165) is 15.5 Å². The number of anilines is 1. The lowest BCUT2D eigenvalue weighted by Gasteiger charge is -2.47. The Morgan fingerprint density at radius 1 is 1.15 bits per heavy atom. The predicted octanol–water partition coefficient (Wildman–Crippen LogP) is 3.32. The van der Waals surface area contributed by atoms with Gasteiger partial charge in [-0.25, -0.2) is 32.8 Å². The van der Waals surface area contributed by atoms with Gasteiger partial charge in [-0.15, -0.1) is 0 Å². The molecule has 0 bridgehead atoms. The summed E-state index contributed by atoms with van der Waals surface area (Å²) in [4.78, 5) is 55.4. The third-order valence-electron chi connectivity index (χ3n) is 8.49. The van der Waals surface area contributed by atoms with Crippen LogP contribution in [-0.2, 0) is 23.2 Å². The maximum Gasteiger partial charge on any atom is 0.347 e. The van der Waals surface area contributed by atoms with Crippen LogP contribution in [0.3, 0.4) is 0 Å². The van der Waals surface area contributed by atoms with Gasteiger partial charge in [0, 0.05) is 13.0 Å². The number of hydrogen-bond donors (Lipinski definition) is 1. The summed E-state index contributed by atoms with van der Waals surface area (Å²) < 4.78 is 23.5. The molecule has 2 aliphatic heterocycles. The van der Waals surface area contributed by atoms with E-state index in [9.17, 15) is 28.7 Å². The molecule has 10 nitrogen and oxygen atoms in total. The number of nitrogens with zero attached hydrogens (tertiary/aromatic N) is 4. The van der Waals surface area contributed by atoms with Gasteiger partial charge in [0.05, 0.1) is 45.3 Å². The highest BCUT2D eigenvalue weighted by molar-refractivity contribution is 14.1. The Labute approximate surface area is 245 Å². The topological polar surface area (TPSA) is 116 Å². The van der Waals surface area contributed by atoms with Gasteiger partial charge in [0.25, 0.3) is 0 Å². The molecule has 3 heterocycles. The zero-order valence-electron chi connectivity index (χ0n) is 21.5. The van der Waals surface area contributed by atoms with E-state index in [4.69, 9.17) is 16.3 Å². The van der Waals surface area contributed by atoms with Crippen LogP contribution in [-0.4, -0.2) is 38.0 Å². The Morgan fingerprint density at radius 2 is 1.88 bits per heavy atom. The summed E-state index contributed by atoms with van der Waals surface area (Å²) in [5.41, 5.74) is -0.897. The summed E-state index contributed by atoms with van der Waals surface area (Å²) in [5, 5.41) is 10.3. The molecule has 1 saturated carbocycles. The first kappa shape index (κ1) is 26.8. The van der Waals surface area contributed by atoms with Gasteiger partial charge < -0.3 is 9.84 Å². The van der Waals surface area contributed by atoms with Crippen molar-refractivity contribution in [2.45, 2.75) is 31.8 Å². The zero-order chi connectivity index (χ0) is 28.8. The fourth-order valence-corrected chi connectivity index (χ4v) is 7.35. The number of halogens is 3. The van der Waals surface area contributed by atoms with E-state index in [1.165, 1.54) is 35.7 Å². The molecule has 208 valence electrons. The number of amides is 2. The summed E-state index contributed by atoms with van der Waals surface area (Å²) in [5.74, 6) is -3.20. The third kappa shape index (κ3) is 3.44. The molecule has 1 saturated heterocycles. The highest BCUT2D eigenvalue weighted by Crippen LogP contribution is 2.61. The first-order chi connectivity index (χ1) is 18.9. The Bertz CT molecular complexity index is 1790. The number of hydrogen-bond acceptors (Lipinski definition) is 6. The van der Waals surface area contributed by atoms with Crippen LogP contribution < -0.4 is 21.0 Å². The third-order valence-corrected chi connectivity index (χ3v) is 9.61. The molecule has 1 N–H and O–H groups in total. The Morgan fingerprint density at radius 3 is 2.55 bits per heavy atom. The molecule has 1 aliphatic carbocycles. The molecule has 13 heteroatoms. The lowest BCUT2D eigenvalue weighted by atomic mass is 9.56. The normalized spacial score (nSPS) is 25.4. The second-order valence-electron chi connectivity index (χ2n) is 10.4. The fourth-order valence-electron chi connectivity index (χ4n) is 6.55. The lowest BCUT2D eigenvalue weighted by Crippen LogP contribution is -2.49. The number of aromatic nitrogens is 3. The predicted molar refractivity (Wildman–Crippen MR) is 151 cm³/mol. The van der Waals surface area contributed by atoms with Gasteiger partial charge in [-0.2, -0.15) is 0 Å². The van der Waals surface area contributed by atoms with Crippen LogP contribution in [0.25, 0.3) is 0 Å². The number of allylic oxidation sites excluding steroid dienone is 2. The minimum atomic E-state index is -1.33. The first-order valence-corrected chi connectivity index (χ1v) is 13.9. The van der Waals surface area contributed by atoms with Gasteiger partial charge in [0.2, 0.25) is 11.8 Å². The Balaban J connectivity index is 1.61. The van der Waals surface area contributed by atoms with Crippen molar-refractivity contribution >= 4 is 51.7 Å². The molecule has 0 spiro atoms. The highest BCUT2D eigenvalue weighted by Gasteiger charge is 2.65. The number of rotatable bonds is 3. The Hall–Kier alpha value is -3.39. The van der Waals surface area contributed by atoms with Gasteiger partial charge in [0.1, 0.15) is 5.82 Å². The molecule has 2 amide bonds. The van der Waals surface area contributed by atoms with Crippen molar-refractivity contribution in [2.24, 2.45) is 18.4 Å². The quantitative estimate of drug-likeness (QED) is 0.258. The number of methoxy groups -OCH3 is 1. The van der Waals surface area contributed by atoms with Crippen molar-refractivity contribution in [1.82, 2.24) is 13.9 Å². The molecule has 2 fully saturated rings. The minimum Gasteiger partial charge on any atom is -0.504 e. The standard InChI is InChI=1S/C27H23ClFIN4O6/c1-27-15(23(36)33(24(27)37)13-4-5-17(29)16(28)10-13)11-19-14(6-7-32-25(38)31(2)26(39)34(19)32)21(27)12-8-18(30)22(35)20(9-12)40-3/h4-6,8-10,15,19,21,35H,7,11H2,1-3H3/t15-,19+,21-,27+/m0/s1. The monoisotopic (exact) mass is 680 g/mol. The van der Waals surface area contributed by atoms with Crippen LogP contribution in [0.1, 0.15) is 30.9 Å². The van der Waals surface area contributed by atoms with Crippen LogP contribution in [0.15, 0.2) is 51.6 Å². The van der Waals surface area contributed by atoms with Gasteiger partial charge in [-0.1, -0.05) is 17.7 Å². The molecule has 40 heavy (non-hydrogen) atoms. The number of phenols is 1. The molecule has 3 aromatic rings. The number of aromatic hydroxyl groups is 1. The summed E-state index contributed by atoms with van der Waals surface area (Å²) in [7, 11) is 2.81. The summed E-state index contributed by atoms with van der Waals surface area (Å²) in [6.45, 7) is 1.82. The summed E-state index contributed by atoms with van der Waals surface area (Å²) >= 11 is 7.98. The number of benzene rings is 2. The number of phenolic OH excluding ortho intramolecular Hbond substituents is 1. The van der Waals surface area contributed by atoms with E-state index in [1.807, 2.05) is 28.7 Å². The first-order valence-electron chi connectivity index (χ1n) is 12.4. The van der Waals surface area contributed by atoms with Crippen molar-refractivity contribution in [3.63, 3.8) is 0 Å². The lowest BCUT2D eigenvalue weighted by molar-refractivity contribution is -0.129. The number of carbonyl (C=O) groups is 2. The molecule has 3 aliphatic rings. The van der Waals surface area contributed by atoms with Crippen molar-refractivity contribution in [3.05, 3.63) is 82.9 Å². The molecule has 0 radical (unpaired) electrons. The number of ether oxygens (including phenoxy) is 1. The second-order valence-corrected chi connectivity index (χ2v) is 12.0. The molecule has 4 atom stereocenters. The van der Waals surface area contributed by atoms with Crippen LogP contribution in [0, 0.1) is 20.7 Å². The van der Waals surface area contributed by atoms with Crippen LogP contribution in [0.2, 0.25) is 5.02 Å². The maximum atomic E-state index is 14.3. The molecule has 6 rings (SSSR count). The van der Waals surface area contributed by atoms with Crippen molar-refractivity contribution < 1.29 is 23.8 Å². The highest BCUT2D eigenvalue weighted by atomic mass is 127. The van der Waals surface area contributed by atoms with Gasteiger partial charge >= 0.3 is 11.4 Å². The van der Waals surface area contributed by atoms with E-state index in [2.05, 4.69) is 0 Å². The molecular formula is C27H23ClFIN4O6. The number of fused-ring (bicyclic) bond motifs is 4. The van der Waals surface area contributed by atoms with Gasteiger partial charge in [-0.3, -0.25) is 9.59 Å². The van der Waals surface area contributed by atoms with Crippen LogP contribution in [0.5, 0.6) is 11.5 Å². The van der Waals surface area contributed by atoms with E-state index in [-0.39, 0.29) is 35.2 Å². The molecule has 0 unspecified atom stereocenters. The number of carbonyl (C=O) groups excluding carboxylic acids is 2. The largest absolute Gasteiger partial charge is 0.504 e. The minimum absolute atomic E-state index is 0.0666.